The van der Waals surface area contributed by atoms with E-state index in [0.717, 1.165) is 5.56 Å². The minimum Gasteiger partial charge on any atom is -0.477 e. The lowest BCUT2D eigenvalue weighted by Gasteiger charge is -2.06. The molecule has 0 fully saturated rings. The Morgan fingerprint density at radius 2 is 2.10 bits per heavy atom. The Morgan fingerprint density at radius 3 is 2.75 bits per heavy atom. The summed E-state index contributed by atoms with van der Waals surface area (Å²) in [6.45, 7) is 7.09. The molecule has 1 aromatic carbocycles. The SMILES string of the molecule is [C-]#[N+]c1ccc(C(=O)O)nc1SCc1ccccc1Cl. The predicted molar refractivity (Wildman–Crippen MR) is 78.5 cm³/mol. The number of rotatable bonds is 4. The Labute approximate surface area is 125 Å². The van der Waals surface area contributed by atoms with Crippen molar-refractivity contribution in [3.63, 3.8) is 0 Å². The molecule has 0 amide bonds. The molecule has 0 saturated heterocycles. The number of nitrogens with zero attached hydrogens (tertiary/aromatic N) is 2. The second-order valence-electron chi connectivity index (χ2n) is 3.82. The molecule has 1 aromatic heterocycles. The van der Waals surface area contributed by atoms with Crippen molar-refractivity contribution in [1.29, 1.82) is 0 Å². The van der Waals surface area contributed by atoms with E-state index in [-0.39, 0.29) is 5.69 Å². The van der Waals surface area contributed by atoms with Crippen LogP contribution >= 0.6 is 23.4 Å². The van der Waals surface area contributed by atoms with Crippen LogP contribution in [0.4, 0.5) is 5.69 Å². The number of benzene rings is 1. The van der Waals surface area contributed by atoms with Crippen molar-refractivity contribution in [1.82, 2.24) is 4.98 Å². The lowest BCUT2D eigenvalue weighted by molar-refractivity contribution is 0.0690. The molecule has 0 atom stereocenters. The summed E-state index contributed by atoms with van der Waals surface area (Å²) in [5, 5.41) is 9.97. The van der Waals surface area contributed by atoms with E-state index >= 15 is 0 Å². The number of hydrogen-bond acceptors (Lipinski definition) is 3. The third-order valence-electron chi connectivity index (χ3n) is 2.50. The van der Waals surface area contributed by atoms with Gasteiger partial charge >= 0.3 is 5.97 Å². The van der Waals surface area contributed by atoms with Crippen LogP contribution in [0, 0.1) is 6.57 Å². The first-order valence-electron chi connectivity index (χ1n) is 5.60. The number of thioether (sulfide) groups is 1. The third-order valence-corrected chi connectivity index (χ3v) is 3.90. The van der Waals surface area contributed by atoms with Crippen LogP contribution in [0.3, 0.4) is 0 Å². The molecule has 0 spiro atoms. The van der Waals surface area contributed by atoms with E-state index in [4.69, 9.17) is 23.3 Å². The highest BCUT2D eigenvalue weighted by Gasteiger charge is 2.11. The molecule has 20 heavy (non-hydrogen) atoms. The fraction of sp³-hybridized carbons (Fsp3) is 0.0714. The van der Waals surface area contributed by atoms with Crippen molar-refractivity contribution < 1.29 is 9.90 Å². The van der Waals surface area contributed by atoms with Crippen molar-refractivity contribution >= 4 is 35.0 Å². The van der Waals surface area contributed by atoms with Gasteiger partial charge in [-0.25, -0.2) is 14.6 Å². The first-order valence-corrected chi connectivity index (χ1v) is 6.96. The van der Waals surface area contributed by atoms with Gasteiger partial charge in [-0.05, 0) is 17.7 Å². The van der Waals surface area contributed by atoms with Crippen molar-refractivity contribution in [2.24, 2.45) is 0 Å². The number of aromatic carboxylic acids is 1. The summed E-state index contributed by atoms with van der Waals surface area (Å²) in [5.74, 6) is -0.584. The lowest BCUT2D eigenvalue weighted by Crippen LogP contribution is -2.00. The van der Waals surface area contributed by atoms with Gasteiger partial charge in [0.05, 0.1) is 6.57 Å². The first kappa shape index (κ1) is 14.4. The first-order chi connectivity index (χ1) is 9.61. The third kappa shape index (κ3) is 3.29. The maximum absolute atomic E-state index is 10.9. The second-order valence-corrected chi connectivity index (χ2v) is 5.19. The van der Waals surface area contributed by atoms with Gasteiger partial charge in [0.2, 0.25) is 5.69 Å². The van der Waals surface area contributed by atoms with Crippen LogP contribution in [0.2, 0.25) is 5.02 Å². The summed E-state index contributed by atoms with van der Waals surface area (Å²) < 4.78 is 0. The zero-order chi connectivity index (χ0) is 14.5. The molecule has 6 heteroatoms. The molecule has 0 unspecified atom stereocenters. The van der Waals surface area contributed by atoms with Gasteiger partial charge in [0.15, 0.2) is 0 Å². The lowest BCUT2D eigenvalue weighted by atomic mass is 10.2. The fourth-order valence-corrected chi connectivity index (χ4v) is 2.76. The molecule has 0 radical (unpaired) electrons. The Hall–Kier alpha value is -2.03. The molecular formula is C14H9ClN2O2S. The van der Waals surface area contributed by atoms with E-state index in [1.807, 2.05) is 18.2 Å². The van der Waals surface area contributed by atoms with Gasteiger partial charge in [0.25, 0.3) is 0 Å². The van der Waals surface area contributed by atoms with Crippen molar-refractivity contribution in [3.05, 3.63) is 64.1 Å². The second kappa shape index (κ2) is 6.42. The van der Waals surface area contributed by atoms with Crippen LogP contribution in [-0.4, -0.2) is 16.1 Å². The number of carboxylic acids is 1. The summed E-state index contributed by atoms with van der Waals surface area (Å²) in [7, 11) is 0. The van der Waals surface area contributed by atoms with Gasteiger partial charge in [0, 0.05) is 10.8 Å². The van der Waals surface area contributed by atoms with E-state index in [1.165, 1.54) is 23.9 Å². The highest BCUT2D eigenvalue weighted by atomic mass is 35.5. The zero-order valence-corrected chi connectivity index (χ0v) is 11.8. The molecule has 100 valence electrons. The van der Waals surface area contributed by atoms with Crippen molar-refractivity contribution in [2.45, 2.75) is 10.8 Å². The van der Waals surface area contributed by atoms with E-state index < -0.39 is 5.97 Å². The number of aromatic nitrogens is 1. The van der Waals surface area contributed by atoms with Gasteiger partial charge < -0.3 is 5.11 Å². The number of carbonyl (C=O) groups is 1. The van der Waals surface area contributed by atoms with Crippen molar-refractivity contribution in [2.75, 3.05) is 0 Å². The average molecular weight is 305 g/mol. The topological polar surface area (TPSA) is 54.5 Å². The summed E-state index contributed by atoms with van der Waals surface area (Å²) in [6, 6.07) is 10.2. The molecule has 0 saturated carbocycles. The molecule has 1 N–H and O–H groups in total. The van der Waals surface area contributed by atoms with Crippen LogP contribution in [0.1, 0.15) is 16.1 Å². The number of pyridine rings is 1. The van der Waals surface area contributed by atoms with Crippen molar-refractivity contribution in [3.8, 4) is 0 Å². The minimum absolute atomic E-state index is 0.0703. The van der Waals surface area contributed by atoms with Crippen LogP contribution in [-0.2, 0) is 5.75 Å². The van der Waals surface area contributed by atoms with Crippen LogP contribution in [0.15, 0.2) is 41.4 Å². The summed E-state index contributed by atoms with van der Waals surface area (Å²) in [4.78, 5) is 18.3. The summed E-state index contributed by atoms with van der Waals surface area (Å²) in [5.41, 5.74) is 1.18. The van der Waals surface area contributed by atoms with E-state index in [2.05, 4.69) is 9.83 Å². The van der Waals surface area contributed by atoms with E-state index in [0.29, 0.717) is 21.5 Å². The standard InChI is InChI=1S/C14H9ClN2O2S/c1-16-11-6-7-12(14(18)19)17-13(11)20-8-9-4-2-3-5-10(9)15/h2-7H,8H2,(H,18,19). The number of carboxylic acid groups (broad SMARTS) is 1. The van der Waals surface area contributed by atoms with Gasteiger partial charge in [-0.1, -0.05) is 35.9 Å². The Morgan fingerprint density at radius 1 is 1.35 bits per heavy atom. The smallest absolute Gasteiger partial charge is 0.354 e. The average Bonchev–Trinajstić information content (AvgIpc) is 2.46. The van der Waals surface area contributed by atoms with Crippen LogP contribution in [0.25, 0.3) is 4.85 Å². The molecule has 0 aliphatic rings. The summed E-state index contributed by atoms with van der Waals surface area (Å²) in [6.07, 6.45) is 0. The quantitative estimate of drug-likeness (QED) is 0.677. The summed E-state index contributed by atoms with van der Waals surface area (Å²) >= 11 is 7.36. The normalized spacial score (nSPS) is 10.0. The number of hydrogen-bond donors (Lipinski definition) is 1. The molecule has 4 nitrogen and oxygen atoms in total. The van der Waals surface area contributed by atoms with Gasteiger partial charge in [-0.2, -0.15) is 0 Å². The molecule has 1 heterocycles. The van der Waals surface area contributed by atoms with Crippen LogP contribution < -0.4 is 0 Å². The molecular weight excluding hydrogens is 296 g/mol. The van der Waals surface area contributed by atoms with E-state index in [9.17, 15) is 4.79 Å². The maximum Gasteiger partial charge on any atom is 0.354 e. The van der Waals surface area contributed by atoms with Gasteiger partial charge in [-0.15, -0.1) is 11.8 Å². The predicted octanol–water partition coefficient (Wildman–Crippen LogP) is 4.28. The highest BCUT2D eigenvalue weighted by Crippen LogP contribution is 2.32. The van der Waals surface area contributed by atoms with E-state index in [1.54, 1.807) is 6.07 Å². The molecule has 0 aliphatic carbocycles. The largest absolute Gasteiger partial charge is 0.477 e. The Balaban J connectivity index is 2.24. The maximum atomic E-state index is 10.9. The monoisotopic (exact) mass is 304 g/mol. The van der Waals surface area contributed by atoms with Gasteiger partial charge in [0.1, 0.15) is 10.7 Å². The van der Waals surface area contributed by atoms with Crippen LogP contribution in [0.5, 0.6) is 0 Å². The Kier molecular flexibility index (Phi) is 4.61. The molecule has 0 bridgehead atoms. The molecule has 2 rings (SSSR count). The molecule has 2 aromatic rings. The van der Waals surface area contributed by atoms with Gasteiger partial charge in [-0.3, -0.25) is 0 Å². The fourth-order valence-electron chi connectivity index (χ4n) is 1.51. The zero-order valence-electron chi connectivity index (χ0n) is 10.2. The Bertz CT molecular complexity index is 698. The number of halogens is 1. The highest BCUT2D eigenvalue weighted by molar-refractivity contribution is 7.98. The minimum atomic E-state index is -1.11. The molecule has 0 aliphatic heterocycles.